The zero-order valence-corrected chi connectivity index (χ0v) is 7.90. The highest BCUT2D eigenvalue weighted by molar-refractivity contribution is 6.30. The standard InChI is InChI=1S/C9H7ClN2O2/c10-8-1-2-9(13)7(5-8)6-12-14-4-3-11/h1-2,5-6,13H,4H2/b12-6+. The van der Waals surface area contributed by atoms with Crippen LogP contribution in [0.2, 0.25) is 5.02 Å². The molecule has 0 aliphatic carbocycles. The number of nitrogens with zero attached hydrogens (tertiary/aromatic N) is 2. The Morgan fingerprint density at radius 1 is 1.64 bits per heavy atom. The summed E-state index contributed by atoms with van der Waals surface area (Å²) in [4.78, 5) is 4.54. The Morgan fingerprint density at radius 2 is 2.43 bits per heavy atom. The van der Waals surface area contributed by atoms with Gasteiger partial charge in [-0.15, -0.1) is 0 Å². The number of hydrogen-bond donors (Lipinski definition) is 1. The molecule has 14 heavy (non-hydrogen) atoms. The Hall–Kier alpha value is -1.73. The van der Waals surface area contributed by atoms with Crippen molar-refractivity contribution in [1.29, 1.82) is 5.26 Å². The first-order valence-electron chi connectivity index (χ1n) is 3.75. The molecule has 0 fully saturated rings. The predicted molar refractivity (Wildman–Crippen MR) is 52.3 cm³/mol. The molecule has 72 valence electrons. The molecule has 0 saturated heterocycles. The van der Waals surface area contributed by atoms with Crippen LogP contribution in [0, 0.1) is 11.3 Å². The maximum atomic E-state index is 9.32. The van der Waals surface area contributed by atoms with E-state index in [-0.39, 0.29) is 12.4 Å². The topological polar surface area (TPSA) is 65.6 Å². The monoisotopic (exact) mass is 210 g/mol. The van der Waals surface area contributed by atoms with Crippen LogP contribution in [0.1, 0.15) is 5.56 Å². The summed E-state index contributed by atoms with van der Waals surface area (Å²) in [6.45, 7) is -0.127. The van der Waals surface area contributed by atoms with Gasteiger partial charge in [0.1, 0.15) is 11.8 Å². The summed E-state index contributed by atoms with van der Waals surface area (Å²) in [5.41, 5.74) is 0.440. The minimum absolute atomic E-state index is 0.0544. The van der Waals surface area contributed by atoms with E-state index < -0.39 is 0 Å². The van der Waals surface area contributed by atoms with Crippen molar-refractivity contribution in [1.82, 2.24) is 0 Å². The van der Waals surface area contributed by atoms with E-state index in [0.29, 0.717) is 10.6 Å². The largest absolute Gasteiger partial charge is 0.507 e. The molecule has 4 nitrogen and oxygen atoms in total. The summed E-state index contributed by atoms with van der Waals surface area (Å²) < 4.78 is 0. The van der Waals surface area contributed by atoms with E-state index in [4.69, 9.17) is 16.9 Å². The summed E-state index contributed by atoms with van der Waals surface area (Å²) >= 11 is 5.69. The van der Waals surface area contributed by atoms with E-state index in [1.165, 1.54) is 18.3 Å². The molecular weight excluding hydrogens is 204 g/mol. The number of phenolic OH excluding ortho intramolecular Hbond substituents is 1. The highest BCUT2D eigenvalue weighted by Crippen LogP contribution is 2.19. The first-order valence-corrected chi connectivity index (χ1v) is 4.12. The summed E-state index contributed by atoms with van der Waals surface area (Å²) in [6.07, 6.45) is 1.29. The van der Waals surface area contributed by atoms with Crippen molar-refractivity contribution >= 4 is 17.8 Å². The van der Waals surface area contributed by atoms with Crippen LogP contribution in [0.3, 0.4) is 0 Å². The Bertz CT molecular complexity index is 385. The third kappa shape index (κ3) is 2.96. The zero-order chi connectivity index (χ0) is 10.4. The zero-order valence-electron chi connectivity index (χ0n) is 7.14. The number of halogens is 1. The van der Waals surface area contributed by atoms with Gasteiger partial charge in [0, 0.05) is 10.6 Å². The van der Waals surface area contributed by atoms with Gasteiger partial charge < -0.3 is 9.94 Å². The molecule has 0 aromatic heterocycles. The average molecular weight is 211 g/mol. The van der Waals surface area contributed by atoms with Gasteiger partial charge in [-0.25, -0.2) is 0 Å². The van der Waals surface area contributed by atoms with Crippen LogP contribution >= 0.6 is 11.6 Å². The van der Waals surface area contributed by atoms with Gasteiger partial charge in [0.05, 0.1) is 6.21 Å². The number of nitriles is 1. The van der Waals surface area contributed by atoms with Crippen molar-refractivity contribution in [2.45, 2.75) is 0 Å². The number of oxime groups is 1. The lowest BCUT2D eigenvalue weighted by Crippen LogP contribution is -1.86. The average Bonchev–Trinajstić information content (AvgIpc) is 2.18. The predicted octanol–water partition coefficient (Wildman–Crippen LogP) is 1.92. The minimum Gasteiger partial charge on any atom is -0.507 e. The Balaban J connectivity index is 2.71. The second-order valence-corrected chi connectivity index (χ2v) is 2.81. The van der Waals surface area contributed by atoms with Crippen molar-refractivity contribution in [2.75, 3.05) is 6.61 Å². The maximum Gasteiger partial charge on any atom is 0.202 e. The van der Waals surface area contributed by atoms with Gasteiger partial charge in [-0.2, -0.15) is 5.26 Å². The SMILES string of the molecule is N#CCO/N=C/c1cc(Cl)ccc1O. The van der Waals surface area contributed by atoms with Gasteiger partial charge in [0.25, 0.3) is 0 Å². The molecule has 1 aromatic carbocycles. The molecule has 0 heterocycles. The van der Waals surface area contributed by atoms with Gasteiger partial charge in [-0.3, -0.25) is 0 Å². The molecule has 0 aliphatic rings. The normalized spacial score (nSPS) is 10.0. The Kier molecular flexibility index (Phi) is 3.77. The molecule has 0 aliphatic heterocycles. The van der Waals surface area contributed by atoms with Crippen molar-refractivity contribution in [2.24, 2.45) is 5.16 Å². The molecule has 0 spiro atoms. The third-order valence-electron chi connectivity index (χ3n) is 1.39. The van der Waals surface area contributed by atoms with Crippen LogP contribution in [0.25, 0.3) is 0 Å². The smallest absolute Gasteiger partial charge is 0.202 e. The Morgan fingerprint density at radius 3 is 3.14 bits per heavy atom. The molecule has 1 N–H and O–H groups in total. The number of benzene rings is 1. The highest BCUT2D eigenvalue weighted by Gasteiger charge is 1.98. The van der Waals surface area contributed by atoms with E-state index in [1.54, 1.807) is 12.1 Å². The quantitative estimate of drug-likeness (QED) is 0.471. The Labute approximate surface area is 86.0 Å². The molecule has 0 radical (unpaired) electrons. The molecule has 0 bridgehead atoms. The second-order valence-electron chi connectivity index (χ2n) is 2.37. The molecule has 0 atom stereocenters. The summed E-state index contributed by atoms with van der Waals surface area (Å²) in [5.74, 6) is 0.0544. The third-order valence-corrected chi connectivity index (χ3v) is 1.62. The fraction of sp³-hybridized carbons (Fsp3) is 0.111. The van der Waals surface area contributed by atoms with E-state index in [2.05, 4.69) is 9.99 Å². The fourth-order valence-electron chi connectivity index (χ4n) is 0.789. The molecule has 0 amide bonds. The fourth-order valence-corrected chi connectivity index (χ4v) is 0.970. The van der Waals surface area contributed by atoms with Gasteiger partial charge in [0.2, 0.25) is 6.61 Å². The minimum atomic E-state index is -0.127. The van der Waals surface area contributed by atoms with Gasteiger partial charge >= 0.3 is 0 Å². The first-order chi connectivity index (χ1) is 6.74. The van der Waals surface area contributed by atoms with E-state index in [0.717, 1.165) is 0 Å². The van der Waals surface area contributed by atoms with E-state index >= 15 is 0 Å². The molecule has 5 heteroatoms. The van der Waals surface area contributed by atoms with Crippen molar-refractivity contribution < 1.29 is 9.94 Å². The highest BCUT2D eigenvalue weighted by atomic mass is 35.5. The van der Waals surface area contributed by atoms with Crippen LogP contribution in [0.15, 0.2) is 23.4 Å². The maximum absolute atomic E-state index is 9.32. The van der Waals surface area contributed by atoms with Gasteiger partial charge in [-0.1, -0.05) is 16.8 Å². The van der Waals surface area contributed by atoms with Crippen molar-refractivity contribution in [3.63, 3.8) is 0 Å². The first kappa shape index (κ1) is 10.4. The molecule has 1 aromatic rings. The molecular formula is C9H7ClN2O2. The van der Waals surface area contributed by atoms with Crippen LogP contribution in [-0.4, -0.2) is 17.9 Å². The van der Waals surface area contributed by atoms with E-state index in [1.807, 2.05) is 0 Å². The number of aromatic hydroxyl groups is 1. The summed E-state index contributed by atoms with van der Waals surface area (Å²) in [5, 5.41) is 21.4. The van der Waals surface area contributed by atoms with Crippen LogP contribution in [0.5, 0.6) is 5.75 Å². The van der Waals surface area contributed by atoms with Crippen LogP contribution in [0.4, 0.5) is 0 Å². The number of hydrogen-bond acceptors (Lipinski definition) is 4. The lowest BCUT2D eigenvalue weighted by atomic mass is 10.2. The van der Waals surface area contributed by atoms with Crippen molar-refractivity contribution in [3.05, 3.63) is 28.8 Å². The van der Waals surface area contributed by atoms with Crippen LogP contribution in [-0.2, 0) is 4.84 Å². The number of rotatable bonds is 3. The molecule has 0 saturated carbocycles. The van der Waals surface area contributed by atoms with Gasteiger partial charge in [-0.05, 0) is 18.2 Å². The van der Waals surface area contributed by atoms with Crippen molar-refractivity contribution in [3.8, 4) is 11.8 Å². The summed E-state index contributed by atoms with van der Waals surface area (Å²) in [6, 6.07) is 6.31. The lowest BCUT2D eigenvalue weighted by Gasteiger charge is -1.98. The lowest BCUT2D eigenvalue weighted by molar-refractivity contribution is 0.180. The molecule has 1 rings (SSSR count). The second kappa shape index (κ2) is 5.10. The van der Waals surface area contributed by atoms with E-state index in [9.17, 15) is 5.11 Å². The van der Waals surface area contributed by atoms with Gasteiger partial charge in [0.15, 0.2) is 0 Å². The number of phenols is 1. The molecule has 0 unspecified atom stereocenters. The summed E-state index contributed by atoms with van der Waals surface area (Å²) in [7, 11) is 0. The van der Waals surface area contributed by atoms with Crippen LogP contribution < -0.4 is 0 Å².